The van der Waals surface area contributed by atoms with Crippen molar-refractivity contribution < 1.29 is 0 Å². The van der Waals surface area contributed by atoms with E-state index in [2.05, 4.69) is 465 Å². The highest BCUT2D eigenvalue weighted by Gasteiger charge is 2.48. The van der Waals surface area contributed by atoms with Crippen molar-refractivity contribution in [3.05, 3.63) is 393 Å². The van der Waals surface area contributed by atoms with E-state index in [4.69, 9.17) is 0 Å². The summed E-state index contributed by atoms with van der Waals surface area (Å²) in [6.07, 6.45) is 16.1. The minimum atomic E-state index is -0.396. The van der Waals surface area contributed by atoms with E-state index in [0.29, 0.717) is 11.8 Å². The summed E-state index contributed by atoms with van der Waals surface area (Å²) in [7, 11) is 11.1. The molecular formula is C127H135N5. The van der Waals surface area contributed by atoms with Crippen molar-refractivity contribution in [1.82, 2.24) is 9.13 Å². The third kappa shape index (κ3) is 15.3. The molecule has 0 unspecified atom stereocenters. The van der Waals surface area contributed by atoms with Crippen LogP contribution in [0, 0.1) is 13.8 Å². The van der Waals surface area contributed by atoms with Crippen molar-refractivity contribution in [2.75, 3.05) is 35.8 Å². The molecule has 0 saturated heterocycles. The second kappa shape index (κ2) is 35.3. The van der Waals surface area contributed by atoms with Gasteiger partial charge in [0.2, 0.25) is 0 Å². The summed E-state index contributed by atoms with van der Waals surface area (Å²) in [4.78, 5) is 7.26. The van der Waals surface area contributed by atoms with Crippen LogP contribution in [0.4, 0.5) is 34.1 Å². The van der Waals surface area contributed by atoms with Crippen LogP contribution >= 0.6 is 0 Å². The zero-order valence-corrected chi connectivity index (χ0v) is 81.9. The monoisotopic (exact) mass is 1730 g/mol. The second-order valence-electron chi connectivity index (χ2n) is 41.9. The number of aromatic nitrogens is 2. The standard InChI is InChI=1S/C34H37N.C25H31N.C24H33N.C23H19N.C21H15N/c1-32(2,3)26-18-20-28-30(22-26)35(7)31-23-27(33(4,5)6)19-21-29(31)34(28,24-14-10-8-11-15-24)25-16-12-9-13-17-25;1-26-23-13-7-6-12-21(23)25(16-8-3-9-17-25)22-18-20(14-15-24(22)26)19-10-4-2-5-11-19;1-8-24(9-2)20-12-10-19(17(5)6)15-23(20)25(7)22-13-11-18(16(3)4)14-21(22)24;1-14-4-8-18-16(12-14)7-11-21-22(18)20-10-6-17-13-15(2)5-9-19(17)23(20)24(21)3;1-22-19-13-11-14-6-2-4-8-16(14)20(19)18-12-10-15-7-3-5-9-17(15)21(18)22/h8-23H,1-7H3;6-7,12-15,18-19H,2-5,8-11,16-17H2,1H3;10-17H,8-9H2,1-7H3;4-13H,1-3H3;2-13H,1H3. The molecule has 0 atom stereocenters. The van der Waals surface area contributed by atoms with Crippen LogP contribution in [0.5, 0.6) is 0 Å². The molecule has 132 heavy (non-hydrogen) atoms. The molecule has 5 heteroatoms. The zero-order chi connectivity index (χ0) is 92.0. The van der Waals surface area contributed by atoms with Gasteiger partial charge < -0.3 is 23.8 Å². The molecule has 18 aromatic rings. The van der Waals surface area contributed by atoms with Crippen molar-refractivity contribution in [2.24, 2.45) is 14.1 Å². The van der Waals surface area contributed by atoms with Crippen LogP contribution in [-0.4, -0.2) is 30.3 Å². The molecule has 668 valence electrons. The minimum absolute atomic E-state index is 0.0750. The average Bonchev–Trinajstić information content (AvgIpc) is 0.905. The number of hydrogen-bond acceptors (Lipinski definition) is 3. The van der Waals surface area contributed by atoms with Gasteiger partial charge in [0.05, 0.1) is 16.4 Å². The van der Waals surface area contributed by atoms with E-state index in [-0.39, 0.29) is 21.7 Å². The summed E-state index contributed by atoms with van der Waals surface area (Å²) >= 11 is 0. The maximum absolute atomic E-state index is 2.63. The highest BCUT2D eigenvalue weighted by atomic mass is 15.1. The first-order valence-corrected chi connectivity index (χ1v) is 49.4. The molecule has 2 aliphatic carbocycles. The van der Waals surface area contributed by atoms with Crippen LogP contribution in [0.15, 0.2) is 309 Å². The lowest BCUT2D eigenvalue weighted by Gasteiger charge is -2.47. The maximum atomic E-state index is 2.63. The fourth-order valence-electron chi connectivity index (χ4n) is 24.0. The van der Waals surface area contributed by atoms with Crippen molar-refractivity contribution in [3.63, 3.8) is 0 Å². The van der Waals surface area contributed by atoms with E-state index in [1.54, 1.807) is 16.7 Å². The maximum Gasteiger partial charge on any atom is 0.0742 e. The van der Waals surface area contributed by atoms with E-state index in [1.165, 1.54) is 252 Å². The van der Waals surface area contributed by atoms with Gasteiger partial charge in [-0.2, -0.15) is 0 Å². The van der Waals surface area contributed by atoms with Gasteiger partial charge in [-0.15, -0.1) is 0 Å². The minimum Gasteiger partial charge on any atom is -0.344 e. The van der Waals surface area contributed by atoms with Crippen molar-refractivity contribution in [2.45, 2.75) is 219 Å². The van der Waals surface area contributed by atoms with E-state index in [9.17, 15) is 0 Å². The van der Waals surface area contributed by atoms with Crippen molar-refractivity contribution >= 4 is 121 Å². The van der Waals surface area contributed by atoms with Crippen LogP contribution in [0.25, 0.3) is 86.7 Å². The normalized spacial score (nSPS) is 15.4. The largest absolute Gasteiger partial charge is 0.344 e. The molecule has 23 rings (SSSR count). The Bertz CT molecular complexity index is 7270. The van der Waals surface area contributed by atoms with Gasteiger partial charge in [-0.25, -0.2) is 0 Å². The summed E-state index contributed by atoms with van der Waals surface area (Å²) in [5.74, 6) is 1.91. The first kappa shape index (κ1) is 88.8. The lowest BCUT2D eigenvalue weighted by molar-refractivity contribution is 0.343. The highest BCUT2D eigenvalue weighted by molar-refractivity contribution is 6.26. The fourth-order valence-corrected chi connectivity index (χ4v) is 24.0. The molecule has 1 spiro atoms. The van der Waals surface area contributed by atoms with Crippen molar-refractivity contribution in [1.29, 1.82) is 0 Å². The lowest BCUT2D eigenvalue weighted by atomic mass is 9.62. The van der Waals surface area contributed by atoms with Gasteiger partial charge in [0.25, 0.3) is 0 Å². The van der Waals surface area contributed by atoms with Gasteiger partial charge in [-0.05, 0) is 234 Å². The third-order valence-corrected chi connectivity index (χ3v) is 31.5. The Labute approximate surface area is 786 Å². The first-order chi connectivity index (χ1) is 63.7. The molecule has 0 bridgehead atoms. The summed E-state index contributed by atoms with van der Waals surface area (Å²) in [5.41, 5.74) is 34.9. The number of fused-ring (bicyclic) bond motifs is 22. The molecular weight excluding hydrogens is 1600 g/mol. The number of aryl methyl sites for hydroxylation is 4. The number of hydrogen-bond donors (Lipinski definition) is 0. The molecule has 3 aliphatic heterocycles. The lowest BCUT2D eigenvalue weighted by Crippen LogP contribution is -2.38. The Morgan fingerprint density at radius 2 is 0.735 bits per heavy atom. The topological polar surface area (TPSA) is 19.6 Å². The molecule has 5 aliphatic rings. The fraction of sp³-hybridized carbons (Fsp3) is 0.307. The number of para-hydroxylation sites is 1. The van der Waals surface area contributed by atoms with Crippen LogP contribution in [0.3, 0.4) is 0 Å². The Morgan fingerprint density at radius 1 is 0.318 bits per heavy atom. The van der Waals surface area contributed by atoms with Crippen molar-refractivity contribution in [3.8, 4) is 0 Å². The Balaban J connectivity index is 0.000000107. The van der Waals surface area contributed by atoms with E-state index in [0.717, 1.165) is 18.8 Å². The van der Waals surface area contributed by atoms with Crippen LogP contribution in [0.1, 0.15) is 261 Å². The van der Waals surface area contributed by atoms with Crippen LogP contribution in [-0.2, 0) is 41.2 Å². The SMILES string of the molecule is CCC1(CC)c2ccc(C(C)C)cc2N(C)c2ccc(C(C)C)cc21.CN1c2cc(C(C)(C)C)ccc2C(c2ccccc2)(c2ccccc2)c2ccc(C(C)(C)C)cc21.CN1c2ccccc2C2(CCCCC2)c2cc(C3CCCCC3)ccc21.Cc1ccc2c(ccc3c2c2ccc4cc(C)ccc4c2n3C)c1.Cn1c2ccc3ccccc3c2c2ccc3ccccc3c21. The van der Waals surface area contributed by atoms with Crippen LogP contribution < -0.4 is 14.7 Å². The van der Waals surface area contributed by atoms with E-state index < -0.39 is 5.41 Å². The quantitative estimate of drug-likeness (QED) is 0.159. The van der Waals surface area contributed by atoms with Gasteiger partial charge in [-0.1, -0.05) is 394 Å². The smallest absolute Gasteiger partial charge is 0.0742 e. The Morgan fingerprint density at radius 3 is 1.31 bits per heavy atom. The highest BCUT2D eigenvalue weighted by Crippen LogP contribution is 2.60. The van der Waals surface area contributed by atoms with E-state index >= 15 is 0 Å². The van der Waals surface area contributed by atoms with Gasteiger partial charge in [0.15, 0.2) is 0 Å². The van der Waals surface area contributed by atoms with Gasteiger partial charge >= 0.3 is 0 Å². The molecule has 5 nitrogen and oxygen atoms in total. The number of anilines is 6. The Kier molecular flexibility index (Phi) is 23.7. The van der Waals surface area contributed by atoms with Crippen LogP contribution in [0.2, 0.25) is 0 Å². The molecule has 2 aromatic heterocycles. The van der Waals surface area contributed by atoms with Gasteiger partial charge in [-0.3, -0.25) is 0 Å². The molecule has 16 aromatic carbocycles. The number of nitrogens with zero attached hydrogens (tertiary/aromatic N) is 5. The number of rotatable bonds is 7. The summed E-state index contributed by atoms with van der Waals surface area (Å²) in [6.45, 7) is 31.9. The third-order valence-electron chi connectivity index (χ3n) is 31.5. The zero-order valence-electron chi connectivity index (χ0n) is 81.9. The number of benzene rings is 16. The predicted molar refractivity (Wildman–Crippen MR) is 572 cm³/mol. The first-order valence-electron chi connectivity index (χ1n) is 49.4. The summed E-state index contributed by atoms with van der Waals surface area (Å²) in [5, 5.41) is 16.0. The molecule has 2 saturated carbocycles. The van der Waals surface area contributed by atoms with Gasteiger partial charge in [0, 0.05) is 124 Å². The Hall–Kier alpha value is -12.4. The average molecular weight is 1730 g/mol. The second-order valence-corrected chi connectivity index (χ2v) is 41.9. The summed E-state index contributed by atoms with van der Waals surface area (Å²) in [6, 6.07) is 116. The predicted octanol–water partition coefficient (Wildman–Crippen LogP) is 34.8. The molecule has 0 radical (unpaired) electrons. The van der Waals surface area contributed by atoms with E-state index in [1.807, 2.05) is 0 Å². The van der Waals surface area contributed by atoms with Gasteiger partial charge in [0.1, 0.15) is 0 Å². The molecule has 2 fully saturated rings. The summed E-state index contributed by atoms with van der Waals surface area (Å²) < 4.78 is 4.68. The molecule has 5 heterocycles. The molecule has 0 N–H and O–H groups in total. The molecule has 0 amide bonds.